The van der Waals surface area contributed by atoms with Crippen LogP contribution in [0.1, 0.15) is 51.1 Å². The third kappa shape index (κ3) is 3.66. The summed E-state index contributed by atoms with van der Waals surface area (Å²) in [5, 5.41) is 13.7. The van der Waals surface area contributed by atoms with Crippen molar-refractivity contribution in [1.82, 2.24) is 5.32 Å². The fourth-order valence-electron chi connectivity index (χ4n) is 2.77. The van der Waals surface area contributed by atoms with Gasteiger partial charge in [-0.05, 0) is 44.7 Å². The average molecular weight is 276 g/mol. The molecule has 0 bridgehead atoms. The van der Waals surface area contributed by atoms with Gasteiger partial charge in [-0.15, -0.1) is 0 Å². The Morgan fingerprint density at radius 1 is 1.40 bits per heavy atom. The number of anilines is 1. The molecule has 2 rings (SSSR count). The first-order valence-corrected chi connectivity index (χ1v) is 7.89. The molecule has 0 aliphatic heterocycles. The van der Waals surface area contributed by atoms with Crippen LogP contribution in [0.15, 0.2) is 18.2 Å². The SMILES string of the molecule is CCCNC(C)c1ccc(N(C)CC2CCC2)cc1O. The summed E-state index contributed by atoms with van der Waals surface area (Å²) in [6, 6.07) is 6.27. The number of hydrogen-bond donors (Lipinski definition) is 2. The van der Waals surface area contributed by atoms with Gasteiger partial charge in [0.15, 0.2) is 0 Å². The number of hydrogen-bond acceptors (Lipinski definition) is 3. The van der Waals surface area contributed by atoms with E-state index >= 15 is 0 Å². The van der Waals surface area contributed by atoms with Gasteiger partial charge < -0.3 is 15.3 Å². The second-order valence-electron chi connectivity index (χ2n) is 6.10. The van der Waals surface area contributed by atoms with E-state index in [1.54, 1.807) is 0 Å². The Morgan fingerprint density at radius 3 is 2.70 bits per heavy atom. The van der Waals surface area contributed by atoms with E-state index in [4.69, 9.17) is 0 Å². The summed E-state index contributed by atoms with van der Waals surface area (Å²) in [6.07, 6.45) is 5.19. The van der Waals surface area contributed by atoms with E-state index in [0.29, 0.717) is 5.75 Å². The summed E-state index contributed by atoms with van der Waals surface area (Å²) >= 11 is 0. The van der Waals surface area contributed by atoms with Crippen molar-refractivity contribution in [3.05, 3.63) is 23.8 Å². The lowest BCUT2D eigenvalue weighted by molar-refractivity contribution is 0.321. The van der Waals surface area contributed by atoms with E-state index in [0.717, 1.165) is 36.7 Å². The molecule has 1 saturated carbocycles. The Morgan fingerprint density at radius 2 is 2.15 bits per heavy atom. The molecule has 0 radical (unpaired) electrons. The molecule has 0 amide bonds. The number of nitrogens with zero attached hydrogens (tertiary/aromatic N) is 1. The highest BCUT2D eigenvalue weighted by Crippen LogP contribution is 2.31. The van der Waals surface area contributed by atoms with Gasteiger partial charge in [0.05, 0.1) is 0 Å². The predicted octanol–water partition coefficient (Wildman–Crippen LogP) is 3.69. The third-order valence-electron chi connectivity index (χ3n) is 4.38. The van der Waals surface area contributed by atoms with E-state index < -0.39 is 0 Å². The van der Waals surface area contributed by atoms with Crippen molar-refractivity contribution in [3.8, 4) is 5.75 Å². The van der Waals surface area contributed by atoms with Crippen molar-refractivity contribution < 1.29 is 5.11 Å². The van der Waals surface area contributed by atoms with Crippen molar-refractivity contribution in [1.29, 1.82) is 0 Å². The molecule has 0 aromatic heterocycles. The smallest absolute Gasteiger partial charge is 0.122 e. The standard InChI is InChI=1S/C17H28N2O/c1-4-10-18-13(2)16-9-8-15(11-17(16)20)19(3)12-14-6-5-7-14/h8-9,11,13-14,18,20H,4-7,10,12H2,1-3H3. The van der Waals surface area contributed by atoms with Crippen LogP contribution < -0.4 is 10.2 Å². The van der Waals surface area contributed by atoms with Crippen LogP contribution in [0.25, 0.3) is 0 Å². The summed E-state index contributed by atoms with van der Waals surface area (Å²) in [5.74, 6) is 1.24. The summed E-state index contributed by atoms with van der Waals surface area (Å²) in [4.78, 5) is 2.26. The summed E-state index contributed by atoms with van der Waals surface area (Å²) in [7, 11) is 2.12. The van der Waals surface area contributed by atoms with Gasteiger partial charge in [-0.1, -0.05) is 19.4 Å². The van der Waals surface area contributed by atoms with Crippen molar-refractivity contribution >= 4 is 5.69 Å². The first-order chi connectivity index (χ1) is 9.61. The minimum atomic E-state index is 0.195. The third-order valence-corrected chi connectivity index (χ3v) is 4.38. The quantitative estimate of drug-likeness (QED) is 0.797. The largest absolute Gasteiger partial charge is 0.508 e. The van der Waals surface area contributed by atoms with Crippen LogP contribution in [0.4, 0.5) is 5.69 Å². The van der Waals surface area contributed by atoms with Crippen LogP contribution in [0.2, 0.25) is 0 Å². The van der Waals surface area contributed by atoms with E-state index in [1.807, 2.05) is 6.07 Å². The molecule has 3 heteroatoms. The summed E-state index contributed by atoms with van der Waals surface area (Å²) in [5.41, 5.74) is 2.10. The van der Waals surface area contributed by atoms with Gasteiger partial charge in [0.25, 0.3) is 0 Å². The molecule has 1 unspecified atom stereocenters. The van der Waals surface area contributed by atoms with Gasteiger partial charge in [-0.25, -0.2) is 0 Å². The Hall–Kier alpha value is -1.22. The zero-order valence-electron chi connectivity index (χ0n) is 13.0. The lowest BCUT2D eigenvalue weighted by Crippen LogP contribution is -2.29. The number of phenols is 1. The Kier molecular flexibility index (Phi) is 5.30. The van der Waals surface area contributed by atoms with Gasteiger partial charge in [-0.3, -0.25) is 0 Å². The van der Waals surface area contributed by atoms with Crippen LogP contribution in [0.5, 0.6) is 5.75 Å². The maximum Gasteiger partial charge on any atom is 0.122 e. The van der Waals surface area contributed by atoms with Crippen LogP contribution >= 0.6 is 0 Å². The molecule has 1 aromatic carbocycles. The summed E-state index contributed by atoms with van der Waals surface area (Å²) in [6.45, 7) is 6.33. The van der Waals surface area contributed by atoms with Gasteiger partial charge in [0.2, 0.25) is 0 Å². The molecule has 0 saturated heterocycles. The van der Waals surface area contributed by atoms with Gasteiger partial charge in [0.1, 0.15) is 5.75 Å². The second kappa shape index (κ2) is 6.98. The van der Waals surface area contributed by atoms with Crippen molar-refractivity contribution in [2.75, 3.05) is 25.0 Å². The summed E-state index contributed by atoms with van der Waals surface area (Å²) < 4.78 is 0. The molecule has 0 spiro atoms. The molecular formula is C17H28N2O. The molecule has 112 valence electrons. The van der Waals surface area contributed by atoms with E-state index in [9.17, 15) is 5.11 Å². The number of nitrogens with one attached hydrogen (secondary N) is 1. The molecule has 0 heterocycles. The lowest BCUT2D eigenvalue weighted by Gasteiger charge is -2.31. The fraction of sp³-hybridized carbons (Fsp3) is 0.647. The van der Waals surface area contributed by atoms with E-state index in [-0.39, 0.29) is 6.04 Å². The molecule has 1 aliphatic carbocycles. The van der Waals surface area contributed by atoms with Crippen LogP contribution in [0, 0.1) is 5.92 Å². The second-order valence-corrected chi connectivity index (χ2v) is 6.10. The Labute approximate surface area is 123 Å². The molecule has 20 heavy (non-hydrogen) atoms. The minimum absolute atomic E-state index is 0.195. The molecule has 3 nitrogen and oxygen atoms in total. The van der Waals surface area contributed by atoms with E-state index in [2.05, 4.69) is 43.2 Å². The highest BCUT2D eigenvalue weighted by atomic mass is 16.3. The fourth-order valence-corrected chi connectivity index (χ4v) is 2.77. The molecule has 1 aromatic rings. The zero-order chi connectivity index (χ0) is 14.5. The maximum atomic E-state index is 10.2. The number of aromatic hydroxyl groups is 1. The molecule has 1 fully saturated rings. The number of rotatable bonds is 7. The molecule has 2 N–H and O–H groups in total. The topological polar surface area (TPSA) is 35.5 Å². The van der Waals surface area contributed by atoms with E-state index in [1.165, 1.54) is 19.3 Å². The number of phenolic OH excluding ortho intramolecular Hbond substituents is 1. The van der Waals surface area contributed by atoms with Gasteiger partial charge >= 0.3 is 0 Å². The molecular weight excluding hydrogens is 248 g/mol. The zero-order valence-corrected chi connectivity index (χ0v) is 13.0. The number of benzene rings is 1. The lowest BCUT2D eigenvalue weighted by atomic mass is 9.85. The average Bonchev–Trinajstić information content (AvgIpc) is 2.39. The molecule has 1 atom stereocenters. The van der Waals surface area contributed by atoms with Crippen LogP contribution in [0.3, 0.4) is 0 Å². The monoisotopic (exact) mass is 276 g/mol. The highest BCUT2D eigenvalue weighted by Gasteiger charge is 2.20. The first-order valence-electron chi connectivity index (χ1n) is 7.89. The molecule has 1 aliphatic rings. The van der Waals surface area contributed by atoms with Crippen LogP contribution in [-0.4, -0.2) is 25.2 Å². The predicted molar refractivity (Wildman–Crippen MR) is 85.4 cm³/mol. The minimum Gasteiger partial charge on any atom is -0.508 e. The Bertz CT molecular complexity index is 429. The first kappa shape index (κ1) is 15.2. The van der Waals surface area contributed by atoms with Crippen LogP contribution in [-0.2, 0) is 0 Å². The normalized spacial score (nSPS) is 16.8. The Balaban J connectivity index is 2.00. The van der Waals surface area contributed by atoms with Crippen molar-refractivity contribution in [3.63, 3.8) is 0 Å². The van der Waals surface area contributed by atoms with Crippen molar-refractivity contribution in [2.45, 2.75) is 45.6 Å². The maximum absolute atomic E-state index is 10.2. The van der Waals surface area contributed by atoms with Gasteiger partial charge in [0, 0.05) is 37.0 Å². The van der Waals surface area contributed by atoms with Crippen molar-refractivity contribution in [2.24, 2.45) is 5.92 Å². The van der Waals surface area contributed by atoms with Gasteiger partial charge in [-0.2, -0.15) is 0 Å². The highest BCUT2D eigenvalue weighted by molar-refractivity contribution is 5.53.